The van der Waals surface area contributed by atoms with E-state index in [9.17, 15) is 38.7 Å². The number of aromatic nitrogens is 2. The van der Waals surface area contributed by atoms with Crippen molar-refractivity contribution in [3.8, 4) is 0 Å². The quantitative estimate of drug-likeness (QED) is 0.0522. The van der Waals surface area contributed by atoms with Gasteiger partial charge in [-0.3, -0.25) is 38.4 Å². The topological polar surface area (TPSA) is 316 Å². The molecule has 1 saturated heterocycles. The van der Waals surface area contributed by atoms with Crippen LogP contribution in [-0.2, 0) is 64.0 Å². The molecule has 4 aromatic carbocycles. The fourth-order valence-electron chi connectivity index (χ4n) is 9.41. The number of nitrogens with one attached hydrogen (secondary N) is 8. The van der Waals surface area contributed by atoms with E-state index in [1.807, 2.05) is 78.9 Å². The number of hydrogen-bond donors (Lipinski definition) is 11. The Morgan fingerprint density at radius 1 is 0.582 bits per heavy atom. The van der Waals surface area contributed by atoms with Gasteiger partial charge in [-0.05, 0) is 67.1 Å². The van der Waals surface area contributed by atoms with Crippen LogP contribution in [0.15, 0.2) is 122 Å². The Kier molecular flexibility index (Phi) is 21.9. The van der Waals surface area contributed by atoms with Crippen molar-refractivity contribution >= 4 is 90.7 Å². The molecule has 0 aliphatic carbocycles. The number of H-pyrrole nitrogens is 2. The maximum atomic E-state index is 15.1. The second-order valence-electron chi connectivity index (χ2n) is 19.5. The van der Waals surface area contributed by atoms with Crippen molar-refractivity contribution in [2.24, 2.45) is 11.5 Å². The van der Waals surface area contributed by atoms with Crippen molar-refractivity contribution in [1.29, 1.82) is 0 Å². The van der Waals surface area contributed by atoms with Crippen LogP contribution in [-0.4, -0.2) is 141 Å². The fraction of sp³-hybridized carbons (Fsp3) is 0.368. The first-order valence-electron chi connectivity index (χ1n) is 26.4. The highest BCUT2D eigenvalue weighted by Crippen LogP contribution is 2.24. The summed E-state index contributed by atoms with van der Waals surface area (Å²) >= 11 is 0. The lowest BCUT2D eigenvalue weighted by atomic mass is 10.00. The molecular formula is C57H69N11O9S2. The van der Waals surface area contributed by atoms with Gasteiger partial charge in [0.2, 0.25) is 47.3 Å². The third kappa shape index (κ3) is 17.2. The predicted octanol–water partition coefficient (Wildman–Crippen LogP) is 2.44. The molecule has 13 N–H and O–H groups in total. The molecule has 3 heterocycles. The number of primary amides is 1. The summed E-state index contributed by atoms with van der Waals surface area (Å²) in [5.41, 5.74) is 15.8. The number of aromatic amines is 2. The van der Waals surface area contributed by atoms with E-state index < -0.39 is 96.2 Å². The number of nitrogens with zero attached hydrogens (tertiary/aromatic N) is 1. The molecule has 20 nitrogen and oxygen atoms in total. The highest BCUT2D eigenvalue weighted by Gasteiger charge is 2.36. The zero-order valence-corrected chi connectivity index (χ0v) is 45.5. The van der Waals surface area contributed by atoms with Crippen molar-refractivity contribution in [2.45, 2.75) is 101 Å². The Morgan fingerprint density at radius 2 is 1.05 bits per heavy atom. The van der Waals surface area contributed by atoms with Gasteiger partial charge in [0.25, 0.3) is 0 Å². The molecule has 79 heavy (non-hydrogen) atoms. The lowest BCUT2D eigenvalue weighted by Crippen LogP contribution is -2.62. The van der Waals surface area contributed by atoms with E-state index in [4.69, 9.17) is 11.5 Å². The van der Waals surface area contributed by atoms with Crippen LogP contribution in [0, 0.1) is 0 Å². The molecule has 2 aromatic heterocycles. The first-order chi connectivity index (χ1) is 38.2. The normalized spacial score (nSPS) is 21.6. The van der Waals surface area contributed by atoms with Gasteiger partial charge >= 0.3 is 0 Å². The molecule has 8 amide bonds. The largest absolute Gasteiger partial charge is 0.391 e. The molecule has 1 aliphatic rings. The van der Waals surface area contributed by atoms with Crippen LogP contribution in [0.3, 0.4) is 0 Å². The summed E-state index contributed by atoms with van der Waals surface area (Å²) in [5, 5.41) is 29.6. The van der Waals surface area contributed by atoms with Gasteiger partial charge in [0.05, 0.1) is 12.6 Å². The Hall–Kier alpha value is -7.66. The Balaban J connectivity index is 1.27. The minimum atomic E-state index is -1.65. The van der Waals surface area contributed by atoms with Gasteiger partial charge in [0, 0.05) is 84.4 Å². The second kappa shape index (κ2) is 29.4. The Bertz CT molecular complexity index is 3050. The van der Waals surface area contributed by atoms with Gasteiger partial charge in [0.15, 0.2) is 0 Å². The average molecular weight is 1120 g/mol. The number of carbonyl (C=O) groups is 8. The zero-order valence-electron chi connectivity index (χ0n) is 43.9. The van der Waals surface area contributed by atoms with Gasteiger partial charge in [-0.1, -0.05) is 119 Å². The molecular weight excluding hydrogens is 1050 g/mol. The number of nitrogens with two attached hydrogens (primary N) is 2. The van der Waals surface area contributed by atoms with Crippen LogP contribution in [0.2, 0.25) is 0 Å². The monoisotopic (exact) mass is 1120 g/mol. The number of aliphatic hydroxyl groups excluding tert-OH is 1. The van der Waals surface area contributed by atoms with Crippen LogP contribution in [0.4, 0.5) is 0 Å². The van der Waals surface area contributed by atoms with Crippen LogP contribution in [0.25, 0.3) is 21.8 Å². The summed E-state index contributed by atoms with van der Waals surface area (Å²) in [5.74, 6) is -5.27. The van der Waals surface area contributed by atoms with E-state index >= 15 is 4.79 Å². The van der Waals surface area contributed by atoms with E-state index in [0.29, 0.717) is 35.3 Å². The summed E-state index contributed by atoms with van der Waals surface area (Å²) in [4.78, 5) is 122. The standard InChI is InChI=1S/C57H69N11O9S2/c1-35(69)51-56(76)66-48(29-37-16-6-3-7-17-37)57(77)68(34-49(59)70)25-27-79-78-26-23-50(71)62-45(28-36-14-4-2-5-15-36)53(73)64-47(31-39-33-61-43-21-11-9-19-41(39)43)55(75)65-46(30-38-32-60-42-20-10-8-18-40(38)42)54(74)63-44(52(72)67-51)22-12-13-24-58/h2-11,14-21,32-33,35,44-48,51,60-61,69H,12-13,22-31,34,58H2,1H3,(H2,59,70)(H,62,71)(H,63,74)(H,64,73)(H,65,75)(H,66,76)(H,67,72)/t35-,44-,45+,46-,47-,48-,51+/m1/s1. The van der Waals surface area contributed by atoms with E-state index in [-0.39, 0.29) is 57.4 Å². The SMILES string of the molecule is C[C@@H](O)[C@@H]1NC(=O)[C@@H](CCCCN)NC(=O)[C@@H](Cc2c[nH]c3ccccc23)NC(=O)[C@@H](Cc2c[nH]c3ccccc23)NC(=O)[C@H](Cc2ccccc2)NC(=O)CCSSCCN(CC(N)=O)C(=O)[C@@H](Cc2ccccc2)NC1=O. The lowest BCUT2D eigenvalue weighted by molar-refractivity contribution is -0.140. The summed E-state index contributed by atoms with van der Waals surface area (Å²) in [6.45, 7) is 1.09. The molecule has 7 rings (SSSR count). The molecule has 22 heteroatoms. The third-order valence-electron chi connectivity index (χ3n) is 13.5. The predicted molar refractivity (Wildman–Crippen MR) is 306 cm³/mol. The van der Waals surface area contributed by atoms with Crippen molar-refractivity contribution in [3.63, 3.8) is 0 Å². The number of unbranched alkanes of at least 4 members (excludes halogenated alkanes) is 1. The van der Waals surface area contributed by atoms with Gasteiger partial charge in [-0.15, -0.1) is 0 Å². The highest BCUT2D eigenvalue weighted by atomic mass is 33.1. The first kappa shape index (κ1) is 59.0. The number of fused-ring (bicyclic) bond motifs is 2. The molecule has 0 saturated carbocycles. The van der Waals surface area contributed by atoms with Gasteiger partial charge in [0.1, 0.15) is 36.3 Å². The average Bonchev–Trinajstić information content (AvgIpc) is 4.07. The van der Waals surface area contributed by atoms with Gasteiger partial charge < -0.3 is 63.3 Å². The Labute approximate surface area is 465 Å². The first-order valence-corrected chi connectivity index (χ1v) is 28.8. The molecule has 7 atom stereocenters. The van der Waals surface area contributed by atoms with Crippen LogP contribution < -0.4 is 43.4 Å². The van der Waals surface area contributed by atoms with Crippen LogP contribution in [0.5, 0.6) is 0 Å². The van der Waals surface area contributed by atoms with E-state index in [1.165, 1.54) is 33.4 Å². The molecule has 0 unspecified atom stereocenters. The Morgan fingerprint density at radius 3 is 1.58 bits per heavy atom. The molecule has 0 spiro atoms. The maximum absolute atomic E-state index is 15.1. The molecule has 6 aromatic rings. The van der Waals surface area contributed by atoms with Crippen molar-refractivity contribution < 1.29 is 43.5 Å². The number of hydrogen-bond acceptors (Lipinski definition) is 12. The van der Waals surface area contributed by atoms with Gasteiger partial charge in [-0.2, -0.15) is 0 Å². The fourth-order valence-corrected chi connectivity index (χ4v) is 11.4. The zero-order chi connectivity index (χ0) is 56.3. The van der Waals surface area contributed by atoms with E-state index in [0.717, 1.165) is 27.4 Å². The van der Waals surface area contributed by atoms with Crippen molar-refractivity contribution in [1.82, 2.24) is 46.8 Å². The highest BCUT2D eigenvalue weighted by molar-refractivity contribution is 8.76. The number of aliphatic hydroxyl groups is 1. The van der Waals surface area contributed by atoms with E-state index in [1.54, 1.807) is 42.7 Å². The smallest absolute Gasteiger partial charge is 0.245 e. The number of para-hydroxylation sites is 2. The van der Waals surface area contributed by atoms with Crippen LogP contribution in [0.1, 0.15) is 54.9 Å². The lowest BCUT2D eigenvalue weighted by Gasteiger charge is -2.30. The van der Waals surface area contributed by atoms with E-state index in [2.05, 4.69) is 41.9 Å². The number of carbonyl (C=O) groups excluding carboxylic acids is 8. The minimum Gasteiger partial charge on any atom is -0.391 e. The molecule has 0 bridgehead atoms. The maximum Gasteiger partial charge on any atom is 0.245 e. The molecule has 0 radical (unpaired) electrons. The molecule has 1 fully saturated rings. The summed E-state index contributed by atoms with van der Waals surface area (Å²) < 4.78 is 0. The molecule has 418 valence electrons. The van der Waals surface area contributed by atoms with Gasteiger partial charge in [-0.25, -0.2) is 0 Å². The number of amides is 8. The summed E-state index contributed by atoms with van der Waals surface area (Å²) in [6, 6.07) is 24.7. The number of benzene rings is 4. The molecule has 1 aliphatic heterocycles. The van der Waals surface area contributed by atoms with Crippen molar-refractivity contribution in [3.05, 3.63) is 144 Å². The van der Waals surface area contributed by atoms with Crippen molar-refractivity contribution in [2.75, 3.05) is 31.1 Å². The van der Waals surface area contributed by atoms with Crippen LogP contribution >= 0.6 is 21.6 Å². The number of rotatable bonds is 15. The third-order valence-corrected chi connectivity index (χ3v) is 15.9. The summed E-state index contributed by atoms with van der Waals surface area (Å²) in [7, 11) is 2.67. The minimum absolute atomic E-state index is 0.0105. The summed E-state index contributed by atoms with van der Waals surface area (Å²) in [6.07, 6.45) is 2.68. The second-order valence-corrected chi connectivity index (χ2v) is 22.2.